The van der Waals surface area contributed by atoms with Crippen LogP contribution in [0, 0.1) is 19.8 Å². The maximum atomic E-state index is 10.3. The summed E-state index contributed by atoms with van der Waals surface area (Å²) in [5.74, 6) is 3.13. The number of hydrogen-bond acceptors (Lipinski definition) is 8. The third-order valence-corrected chi connectivity index (χ3v) is 6.70. The Kier molecular flexibility index (Phi) is 11.0. The molecule has 2 heterocycles. The Morgan fingerprint density at radius 2 is 1.74 bits per heavy atom. The summed E-state index contributed by atoms with van der Waals surface area (Å²) in [7, 11) is 4.55. The first kappa shape index (κ1) is 27.3. The van der Waals surface area contributed by atoms with Gasteiger partial charge in [-0.3, -0.25) is 4.79 Å². The summed E-state index contributed by atoms with van der Waals surface area (Å²) in [6, 6.07) is 3.80. The molecule has 1 aliphatic carbocycles. The number of carbonyl (C=O) groups is 1. The first-order valence-electron chi connectivity index (χ1n) is 11.3. The molecule has 186 valence electrons. The van der Waals surface area contributed by atoms with E-state index in [1.165, 1.54) is 57.3 Å². The minimum absolute atomic E-state index is 0.497. The van der Waals surface area contributed by atoms with Crippen LogP contribution >= 0.6 is 11.3 Å². The molecule has 8 nitrogen and oxygen atoms in total. The molecule has 9 heteroatoms. The fourth-order valence-electron chi connectivity index (χ4n) is 3.61. The zero-order valence-electron chi connectivity index (χ0n) is 20.9. The molecule has 34 heavy (non-hydrogen) atoms. The number of anilines is 1. The lowest BCUT2D eigenvalue weighted by atomic mass is 9.87. The van der Waals surface area contributed by atoms with Crippen molar-refractivity contribution in [2.75, 3.05) is 26.6 Å². The molecule has 0 saturated heterocycles. The third kappa shape index (κ3) is 7.56. The van der Waals surface area contributed by atoms with Gasteiger partial charge in [-0.2, -0.15) is 0 Å². The summed E-state index contributed by atoms with van der Waals surface area (Å²) in [6.07, 6.45) is 7.82. The van der Waals surface area contributed by atoms with Crippen LogP contribution in [0.3, 0.4) is 0 Å². The highest BCUT2D eigenvalue weighted by molar-refractivity contribution is 7.17. The predicted octanol–water partition coefficient (Wildman–Crippen LogP) is 5.11. The molecule has 1 amide bonds. The molecular weight excluding hydrogens is 452 g/mol. The van der Waals surface area contributed by atoms with Crippen LogP contribution < -0.4 is 25.3 Å². The van der Waals surface area contributed by atoms with Crippen molar-refractivity contribution in [1.82, 2.24) is 9.97 Å². The second kappa shape index (κ2) is 13.7. The predicted molar refractivity (Wildman–Crippen MR) is 138 cm³/mol. The van der Waals surface area contributed by atoms with Crippen LogP contribution in [0.2, 0.25) is 0 Å². The Hall–Kier alpha value is -2.91. The minimum Gasteiger partial charge on any atom is -0.493 e. The van der Waals surface area contributed by atoms with Crippen molar-refractivity contribution >= 4 is 33.7 Å². The first-order chi connectivity index (χ1) is 16.3. The average molecular weight is 489 g/mol. The van der Waals surface area contributed by atoms with Crippen molar-refractivity contribution < 1.29 is 19.0 Å². The molecule has 0 radical (unpaired) electrons. The standard InChI is InChI=1S/C10H13NO4.C8H8N2S.C7H15N/c1-13-8-4-7(11-6-12)5-9(14-2)10(8)15-3;1-5-4-11-7-3-9-6(2)10-8(5)7;1-6-4-2-3-5-7(6)8/h4-6H,1-3H3,(H,11,12);3-4H,1-2H3;6-7H,2-5,8H2,1H3. The van der Waals surface area contributed by atoms with Crippen molar-refractivity contribution in [2.24, 2.45) is 11.7 Å². The number of carbonyl (C=O) groups excluding carboxylic acids is 1. The number of thiophene rings is 1. The van der Waals surface area contributed by atoms with E-state index in [1.807, 2.05) is 13.1 Å². The van der Waals surface area contributed by atoms with Gasteiger partial charge in [0.1, 0.15) is 5.82 Å². The number of nitrogens with zero attached hydrogens (tertiary/aromatic N) is 2. The van der Waals surface area contributed by atoms with Gasteiger partial charge < -0.3 is 25.3 Å². The number of aryl methyl sites for hydroxylation is 2. The number of methoxy groups -OCH3 is 3. The van der Waals surface area contributed by atoms with E-state index in [2.05, 4.69) is 34.5 Å². The van der Waals surface area contributed by atoms with Gasteiger partial charge in [-0.15, -0.1) is 11.3 Å². The maximum Gasteiger partial charge on any atom is 0.211 e. The SMILES string of the molecule is CC1CCCCC1N.COc1cc(NC=O)cc(OC)c1OC.Cc1ncc2scc(C)c2n1. The number of benzene rings is 1. The summed E-state index contributed by atoms with van der Waals surface area (Å²) < 4.78 is 16.5. The number of nitrogens with two attached hydrogens (primary N) is 1. The van der Waals surface area contributed by atoms with Crippen LogP contribution in [0.25, 0.3) is 10.2 Å². The van der Waals surface area contributed by atoms with Crippen molar-refractivity contribution in [3.63, 3.8) is 0 Å². The van der Waals surface area contributed by atoms with Gasteiger partial charge in [0.25, 0.3) is 0 Å². The molecule has 3 N–H and O–H groups in total. The van der Waals surface area contributed by atoms with Crippen LogP contribution in [0.15, 0.2) is 23.7 Å². The second-order valence-electron chi connectivity index (χ2n) is 8.15. The smallest absolute Gasteiger partial charge is 0.211 e. The van der Waals surface area contributed by atoms with Crippen LogP contribution in [0.4, 0.5) is 5.69 Å². The molecule has 1 saturated carbocycles. The quantitative estimate of drug-likeness (QED) is 0.480. The van der Waals surface area contributed by atoms with E-state index in [0.29, 0.717) is 35.4 Å². The summed E-state index contributed by atoms with van der Waals surface area (Å²) in [5, 5.41) is 4.62. The summed E-state index contributed by atoms with van der Waals surface area (Å²) in [5.41, 5.74) is 8.71. The molecule has 1 aliphatic rings. The Bertz CT molecular complexity index is 1020. The van der Waals surface area contributed by atoms with E-state index >= 15 is 0 Å². The fraction of sp³-hybridized carbons (Fsp3) is 0.480. The van der Waals surface area contributed by atoms with E-state index in [9.17, 15) is 4.79 Å². The van der Waals surface area contributed by atoms with Crippen LogP contribution in [0.1, 0.15) is 44.0 Å². The molecule has 1 fully saturated rings. The van der Waals surface area contributed by atoms with Crippen LogP contribution in [-0.4, -0.2) is 43.7 Å². The zero-order chi connectivity index (χ0) is 25.1. The molecule has 0 spiro atoms. The molecule has 0 aliphatic heterocycles. The number of nitrogens with one attached hydrogen (secondary N) is 1. The van der Waals surface area contributed by atoms with E-state index in [1.54, 1.807) is 23.5 Å². The molecule has 2 atom stereocenters. The summed E-state index contributed by atoms with van der Waals surface area (Å²) >= 11 is 1.70. The molecule has 1 aromatic carbocycles. The van der Waals surface area contributed by atoms with Crippen molar-refractivity contribution in [3.8, 4) is 17.2 Å². The number of hydrogen-bond donors (Lipinski definition) is 2. The number of ether oxygens (including phenoxy) is 3. The van der Waals surface area contributed by atoms with Crippen LogP contribution in [0.5, 0.6) is 17.2 Å². The van der Waals surface area contributed by atoms with Gasteiger partial charge in [0.05, 0.1) is 31.5 Å². The van der Waals surface area contributed by atoms with E-state index in [-0.39, 0.29) is 0 Å². The van der Waals surface area contributed by atoms with Gasteiger partial charge in [0, 0.05) is 30.1 Å². The zero-order valence-corrected chi connectivity index (χ0v) is 21.7. The van der Waals surface area contributed by atoms with Crippen molar-refractivity contribution in [2.45, 2.75) is 52.5 Å². The molecule has 2 unspecified atom stereocenters. The Morgan fingerprint density at radius 3 is 2.24 bits per heavy atom. The van der Waals surface area contributed by atoms with Gasteiger partial charge in [0.2, 0.25) is 12.2 Å². The highest BCUT2D eigenvalue weighted by Crippen LogP contribution is 2.39. The molecule has 2 aromatic heterocycles. The maximum absolute atomic E-state index is 10.3. The van der Waals surface area contributed by atoms with Crippen molar-refractivity contribution in [3.05, 3.63) is 35.1 Å². The second-order valence-corrected chi connectivity index (χ2v) is 9.06. The lowest BCUT2D eigenvalue weighted by molar-refractivity contribution is -0.105. The molecule has 0 bridgehead atoms. The average Bonchev–Trinajstić information content (AvgIpc) is 3.21. The normalized spacial score (nSPS) is 16.9. The molecular formula is C25H36N4O4S. The van der Waals surface area contributed by atoms with Crippen molar-refractivity contribution in [1.29, 1.82) is 0 Å². The van der Waals surface area contributed by atoms with E-state index < -0.39 is 0 Å². The minimum atomic E-state index is 0.497. The highest BCUT2D eigenvalue weighted by Gasteiger charge is 2.16. The number of fused-ring (bicyclic) bond motifs is 1. The van der Waals surface area contributed by atoms with Gasteiger partial charge >= 0.3 is 0 Å². The number of rotatable bonds is 5. The number of aromatic nitrogens is 2. The van der Waals surface area contributed by atoms with E-state index in [4.69, 9.17) is 19.9 Å². The molecule has 3 aromatic rings. The summed E-state index contributed by atoms with van der Waals surface area (Å²) in [4.78, 5) is 18.8. The van der Waals surface area contributed by atoms with Gasteiger partial charge in [-0.05, 0) is 43.6 Å². The van der Waals surface area contributed by atoms with E-state index in [0.717, 1.165) is 17.3 Å². The van der Waals surface area contributed by atoms with Gasteiger partial charge in [-0.1, -0.05) is 19.8 Å². The third-order valence-electron chi connectivity index (χ3n) is 5.68. The fourth-order valence-corrected chi connectivity index (χ4v) is 4.46. The topological polar surface area (TPSA) is 109 Å². The largest absolute Gasteiger partial charge is 0.493 e. The van der Waals surface area contributed by atoms with Gasteiger partial charge in [0.15, 0.2) is 11.5 Å². The highest BCUT2D eigenvalue weighted by atomic mass is 32.1. The Labute approximate surface area is 205 Å². The van der Waals surface area contributed by atoms with Crippen LogP contribution in [-0.2, 0) is 4.79 Å². The monoisotopic (exact) mass is 488 g/mol. The number of amides is 1. The molecule has 4 rings (SSSR count). The summed E-state index contributed by atoms with van der Waals surface area (Å²) in [6.45, 7) is 6.24. The first-order valence-corrected chi connectivity index (χ1v) is 12.2. The van der Waals surface area contributed by atoms with Gasteiger partial charge in [-0.25, -0.2) is 9.97 Å². The Morgan fingerprint density at radius 1 is 1.09 bits per heavy atom. The lowest BCUT2D eigenvalue weighted by Gasteiger charge is -2.24. The Balaban J connectivity index is 0.000000189. The lowest BCUT2D eigenvalue weighted by Crippen LogP contribution is -2.30.